The Morgan fingerprint density at radius 1 is 0.538 bits per heavy atom. The Kier molecular flexibility index (Phi) is 16.7. The Bertz CT molecular complexity index is 2260. The molecule has 0 aromatic carbocycles. The first kappa shape index (κ1) is 60.2. The highest BCUT2D eigenvalue weighted by molar-refractivity contribution is 5.79. The zero-order valence-corrected chi connectivity index (χ0v) is 45.3. The second-order valence-corrected chi connectivity index (χ2v) is 25.9. The van der Waals surface area contributed by atoms with E-state index in [-0.39, 0.29) is 17.3 Å². The molecule has 8 fully saturated rings. The number of aliphatic hydroxyl groups is 13. The smallest absolute Gasteiger partial charge is 0.335 e. The van der Waals surface area contributed by atoms with Crippen LogP contribution in [0.15, 0.2) is 23.3 Å². The molecule has 78 heavy (non-hydrogen) atoms. The quantitative estimate of drug-likeness (QED) is 0.0741. The standard InChI is InChI=1S/C54H84O24/c1-49(2)14-16-54(48(70)78-46-38(66)35(63)32(60)26(21-57)73-46)17-15-52(6)22(23(54)18-49)8-9-28-51(5)12-11-29(50(3,4)27(51)10-13-53(28,52)7)74-47-42(77-45-37(65)34(62)31(59)25(20-56)72-45)40(39(67)41(76-47)43(68)69)75-44-36(64)33(61)30(58)24(19-55)71-44/h8-9,23-27,29-42,44-47,55-67H,10-21H2,1-7H3,(H,68,69)/t23-,24+,25+,26+,27-,29-,30-,31+,32+,33-,34-,35-,36+,37+,38+,39-,40-,41-,42+,44-,45-,46-,47+,51-,52+,53+,54-/m0/s1. The maximum absolute atomic E-state index is 14.8. The second-order valence-electron chi connectivity index (χ2n) is 25.9. The molecule has 4 aliphatic heterocycles. The third kappa shape index (κ3) is 9.65. The monoisotopic (exact) mass is 1120 g/mol. The Labute approximate surface area is 452 Å². The highest BCUT2D eigenvalue weighted by Gasteiger charge is 2.69. The number of aliphatic hydroxyl groups excluding tert-OH is 13. The molecule has 27 atom stereocenters. The lowest BCUT2D eigenvalue weighted by Gasteiger charge is -2.68. The molecular formula is C54H84O24. The molecule has 14 N–H and O–H groups in total. The summed E-state index contributed by atoms with van der Waals surface area (Å²) in [7, 11) is 0. The van der Waals surface area contributed by atoms with Crippen molar-refractivity contribution in [2.45, 2.75) is 235 Å². The van der Waals surface area contributed by atoms with Gasteiger partial charge in [-0.1, -0.05) is 71.8 Å². The Morgan fingerprint density at radius 3 is 1.59 bits per heavy atom. The zero-order valence-electron chi connectivity index (χ0n) is 45.3. The SMILES string of the molecule is CC1(C)CC[C@]2(C(=O)O[C@@H]3O[C@H](CO)[C@@H](O)[C@H](O)[C@H]3O)CC[C@]3(C)C(=CC=C4[C@@]5(C)CC[C@H](O[C@@H]6O[C@H](C(=O)O)[C@@H](O)[C@H](O[C@@H]7O[C@H](CO)[C@H](O)[C@H](O)[C@H]7O)[C@H]6O[C@@H]6O[C@H](CO)[C@@H](O)[C@H](O)[C@H]6O)C(C)(C)[C@@H]5CC[C@]43C)[C@@H]2C1. The summed E-state index contributed by atoms with van der Waals surface area (Å²) in [5.41, 5.74) is -0.856. The number of aliphatic carboxylic acids is 1. The number of hydrogen-bond donors (Lipinski definition) is 14. The third-order valence-electron chi connectivity index (χ3n) is 20.8. The van der Waals surface area contributed by atoms with Gasteiger partial charge in [-0.2, -0.15) is 0 Å². The molecular weight excluding hydrogens is 1030 g/mol. The van der Waals surface area contributed by atoms with Gasteiger partial charge in [-0.25, -0.2) is 4.79 Å². The van der Waals surface area contributed by atoms with Gasteiger partial charge in [-0.05, 0) is 96.7 Å². The van der Waals surface area contributed by atoms with Gasteiger partial charge in [0.1, 0.15) is 91.6 Å². The number of fused-ring (bicyclic) bond motifs is 7. The fraction of sp³-hybridized carbons (Fsp3) is 0.889. The van der Waals surface area contributed by atoms with Crippen LogP contribution in [0.2, 0.25) is 0 Å². The number of carbonyl (C=O) groups is 2. The molecule has 0 bridgehead atoms. The van der Waals surface area contributed by atoms with Crippen LogP contribution < -0.4 is 0 Å². The summed E-state index contributed by atoms with van der Waals surface area (Å²) < 4.78 is 48.2. The van der Waals surface area contributed by atoms with Crippen molar-refractivity contribution in [3.05, 3.63) is 23.3 Å². The van der Waals surface area contributed by atoms with Crippen molar-refractivity contribution in [3.63, 3.8) is 0 Å². The number of rotatable bonds is 12. The molecule has 4 heterocycles. The molecule has 0 radical (unpaired) electrons. The average Bonchev–Trinajstić information content (AvgIpc) is 3.56. The van der Waals surface area contributed by atoms with Crippen LogP contribution in [0.25, 0.3) is 0 Å². The Balaban J connectivity index is 1.02. The normalized spacial score (nSPS) is 51.8. The van der Waals surface area contributed by atoms with Gasteiger partial charge in [0.05, 0.1) is 31.3 Å². The van der Waals surface area contributed by atoms with Crippen LogP contribution >= 0.6 is 0 Å². The zero-order chi connectivity index (χ0) is 57.1. The van der Waals surface area contributed by atoms with Crippen LogP contribution in [0.3, 0.4) is 0 Å². The van der Waals surface area contributed by atoms with E-state index in [1.165, 1.54) is 5.57 Å². The van der Waals surface area contributed by atoms with E-state index in [1.54, 1.807) is 0 Å². The van der Waals surface area contributed by atoms with Crippen molar-refractivity contribution in [2.75, 3.05) is 19.8 Å². The minimum Gasteiger partial charge on any atom is -0.479 e. The highest BCUT2D eigenvalue weighted by atomic mass is 16.8. The predicted molar refractivity (Wildman–Crippen MR) is 263 cm³/mol. The van der Waals surface area contributed by atoms with E-state index in [0.717, 1.165) is 12.0 Å². The van der Waals surface area contributed by atoms with Crippen LogP contribution in [0, 0.1) is 44.3 Å². The van der Waals surface area contributed by atoms with Gasteiger partial charge in [0.2, 0.25) is 6.29 Å². The summed E-state index contributed by atoms with van der Waals surface area (Å²) in [6.07, 6.45) is -27.2. The van der Waals surface area contributed by atoms with E-state index >= 15 is 0 Å². The molecule has 4 saturated heterocycles. The first-order valence-corrected chi connectivity index (χ1v) is 27.6. The fourth-order valence-corrected chi connectivity index (χ4v) is 15.8. The fourth-order valence-electron chi connectivity index (χ4n) is 15.8. The van der Waals surface area contributed by atoms with Crippen molar-refractivity contribution >= 4 is 11.9 Å². The summed E-state index contributed by atoms with van der Waals surface area (Å²) in [4.78, 5) is 27.7. The van der Waals surface area contributed by atoms with Crippen LogP contribution in [0.1, 0.15) is 106 Å². The Hall–Kier alpha value is -2.38. The van der Waals surface area contributed by atoms with E-state index in [9.17, 15) is 81.1 Å². The molecule has 0 unspecified atom stereocenters. The summed E-state index contributed by atoms with van der Waals surface area (Å²) in [6, 6.07) is 0. The van der Waals surface area contributed by atoms with Crippen LogP contribution in [0.4, 0.5) is 0 Å². The lowest BCUT2D eigenvalue weighted by molar-refractivity contribution is -0.395. The first-order chi connectivity index (χ1) is 36.5. The van der Waals surface area contributed by atoms with Gasteiger partial charge in [-0.15, -0.1) is 0 Å². The molecule has 0 aromatic heterocycles. The topological polar surface area (TPSA) is 391 Å². The molecule has 5 aliphatic carbocycles. The summed E-state index contributed by atoms with van der Waals surface area (Å²) in [5.74, 6) is -2.60. The molecule has 24 nitrogen and oxygen atoms in total. The summed E-state index contributed by atoms with van der Waals surface area (Å²) in [6.45, 7) is 12.9. The molecule has 0 amide bonds. The molecule has 9 aliphatic rings. The van der Waals surface area contributed by atoms with Crippen molar-refractivity contribution < 1.29 is 119 Å². The number of carboxylic acid groups (broad SMARTS) is 1. The largest absolute Gasteiger partial charge is 0.479 e. The van der Waals surface area contributed by atoms with Gasteiger partial charge in [0, 0.05) is 0 Å². The number of ether oxygens (including phenoxy) is 8. The molecule has 0 aromatic rings. The minimum atomic E-state index is -2.17. The van der Waals surface area contributed by atoms with Crippen molar-refractivity contribution in [1.82, 2.24) is 0 Å². The number of esters is 1. The lowest BCUT2D eigenvalue weighted by atomic mass is 9.36. The average molecular weight is 1120 g/mol. The van der Waals surface area contributed by atoms with Crippen molar-refractivity contribution in [2.24, 2.45) is 44.3 Å². The van der Waals surface area contributed by atoms with Gasteiger partial charge < -0.3 is 109 Å². The minimum absolute atomic E-state index is 0.0955. The van der Waals surface area contributed by atoms with Crippen LogP contribution in [0.5, 0.6) is 0 Å². The summed E-state index contributed by atoms with van der Waals surface area (Å²) in [5, 5.41) is 149. The van der Waals surface area contributed by atoms with Gasteiger partial charge in [-0.3, -0.25) is 4.79 Å². The maximum atomic E-state index is 14.8. The van der Waals surface area contributed by atoms with E-state index in [1.807, 2.05) is 13.8 Å². The predicted octanol–water partition coefficient (Wildman–Crippen LogP) is -2.02. The highest BCUT2D eigenvalue weighted by Crippen LogP contribution is 2.75. The van der Waals surface area contributed by atoms with Crippen LogP contribution in [-0.4, -0.2) is 232 Å². The first-order valence-electron chi connectivity index (χ1n) is 27.6. The lowest BCUT2D eigenvalue weighted by Crippen LogP contribution is -2.68. The number of carbonyl (C=O) groups excluding carboxylic acids is 1. The molecule has 24 heteroatoms. The molecule has 4 saturated carbocycles. The Morgan fingerprint density at radius 2 is 1.05 bits per heavy atom. The molecule has 444 valence electrons. The van der Waals surface area contributed by atoms with E-state index in [2.05, 4.69) is 46.8 Å². The molecule has 9 rings (SSSR count). The van der Waals surface area contributed by atoms with Crippen LogP contribution in [-0.2, 0) is 47.5 Å². The third-order valence-corrected chi connectivity index (χ3v) is 20.8. The van der Waals surface area contributed by atoms with Gasteiger partial charge in [0.15, 0.2) is 25.0 Å². The van der Waals surface area contributed by atoms with E-state index in [4.69, 9.17) is 37.9 Å². The number of allylic oxidation sites excluding steroid dienone is 4. The maximum Gasteiger partial charge on any atom is 0.335 e. The van der Waals surface area contributed by atoms with Crippen molar-refractivity contribution in [1.29, 1.82) is 0 Å². The summed E-state index contributed by atoms with van der Waals surface area (Å²) >= 11 is 0. The number of hydrogen-bond acceptors (Lipinski definition) is 23. The van der Waals surface area contributed by atoms with Gasteiger partial charge >= 0.3 is 11.9 Å². The van der Waals surface area contributed by atoms with E-state index in [0.29, 0.717) is 51.4 Å². The van der Waals surface area contributed by atoms with Crippen molar-refractivity contribution in [3.8, 4) is 0 Å². The number of carboxylic acids is 1. The van der Waals surface area contributed by atoms with Gasteiger partial charge in [0.25, 0.3) is 0 Å². The molecule has 0 spiro atoms. The van der Waals surface area contributed by atoms with E-state index < -0.39 is 188 Å². The second kappa shape index (κ2) is 21.7.